The molecule has 3 atom stereocenters. The monoisotopic (exact) mass is 446 g/mol. The molecule has 12 nitrogen and oxygen atoms in total. The summed E-state index contributed by atoms with van der Waals surface area (Å²) in [5.74, 6) is -0.974. The first-order valence-corrected chi connectivity index (χ1v) is 9.68. The number of nitro groups is 1. The van der Waals surface area contributed by atoms with Gasteiger partial charge in [-0.1, -0.05) is 17.3 Å². The molecule has 3 rings (SSSR count). The summed E-state index contributed by atoms with van der Waals surface area (Å²) in [5, 5.41) is 18.9. The van der Waals surface area contributed by atoms with E-state index in [9.17, 15) is 19.7 Å². The third kappa shape index (κ3) is 6.68. The largest absolute Gasteiger partial charge is 0.463 e. The Hall–Kier alpha value is -3.64. The summed E-state index contributed by atoms with van der Waals surface area (Å²) in [4.78, 5) is 32.8. The molecule has 1 aliphatic rings. The van der Waals surface area contributed by atoms with Crippen LogP contribution < -0.4 is 0 Å². The van der Waals surface area contributed by atoms with Gasteiger partial charge in [0.15, 0.2) is 6.29 Å². The zero-order valence-corrected chi connectivity index (χ0v) is 17.4. The molecule has 0 N–H and O–H groups in total. The van der Waals surface area contributed by atoms with Crippen molar-refractivity contribution in [1.29, 1.82) is 0 Å². The van der Waals surface area contributed by atoms with Crippen molar-refractivity contribution in [3.63, 3.8) is 0 Å². The lowest BCUT2D eigenvalue weighted by molar-refractivity contribution is -0.384. The number of aromatic nitrogens is 3. The molecule has 2 heterocycles. The zero-order chi connectivity index (χ0) is 23.1. The van der Waals surface area contributed by atoms with Crippen LogP contribution in [0.15, 0.2) is 42.6 Å². The van der Waals surface area contributed by atoms with Crippen molar-refractivity contribution >= 4 is 17.6 Å². The van der Waals surface area contributed by atoms with E-state index in [0.717, 1.165) is 0 Å². The Labute approximate surface area is 182 Å². The summed E-state index contributed by atoms with van der Waals surface area (Å²) in [7, 11) is 0. The van der Waals surface area contributed by atoms with E-state index in [-0.39, 0.29) is 18.9 Å². The van der Waals surface area contributed by atoms with Gasteiger partial charge in [-0.15, -0.1) is 5.10 Å². The van der Waals surface area contributed by atoms with Crippen LogP contribution >= 0.6 is 0 Å². The molecule has 1 aromatic carbocycles. The van der Waals surface area contributed by atoms with Gasteiger partial charge in [-0.25, -0.2) is 4.68 Å². The molecule has 0 saturated heterocycles. The minimum atomic E-state index is -0.774. The van der Waals surface area contributed by atoms with Crippen LogP contribution in [0.2, 0.25) is 0 Å². The third-order valence-corrected chi connectivity index (χ3v) is 4.33. The highest BCUT2D eigenvalue weighted by molar-refractivity contribution is 5.66. The van der Waals surface area contributed by atoms with E-state index in [1.807, 2.05) is 0 Å². The number of non-ortho nitro benzene ring substituents is 1. The topological polar surface area (TPSA) is 145 Å². The fourth-order valence-corrected chi connectivity index (χ4v) is 2.96. The van der Waals surface area contributed by atoms with Gasteiger partial charge in [-0.05, 0) is 17.7 Å². The Morgan fingerprint density at radius 3 is 2.78 bits per heavy atom. The second-order valence-corrected chi connectivity index (χ2v) is 6.95. The maximum Gasteiger partial charge on any atom is 0.303 e. The molecule has 2 aromatic rings. The number of rotatable bonds is 9. The second kappa shape index (κ2) is 10.6. The van der Waals surface area contributed by atoms with Gasteiger partial charge < -0.3 is 18.9 Å². The number of ether oxygens (including phenoxy) is 4. The van der Waals surface area contributed by atoms with E-state index in [1.165, 1.54) is 30.7 Å². The predicted molar refractivity (Wildman–Crippen MR) is 107 cm³/mol. The van der Waals surface area contributed by atoms with Crippen molar-refractivity contribution in [1.82, 2.24) is 15.0 Å². The van der Waals surface area contributed by atoms with Crippen LogP contribution in [0.1, 0.15) is 25.1 Å². The molecule has 0 amide bonds. The van der Waals surface area contributed by atoms with Crippen molar-refractivity contribution in [3.05, 3.63) is 64.0 Å². The Morgan fingerprint density at radius 2 is 2.06 bits per heavy atom. The smallest absolute Gasteiger partial charge is 0.303 e. The van der Waals surface area contributed by atoms with Gasteiger partial charge in [0.05, 0.1) is 24.3 Å². The molecule has 170 valence electrons. The van der Waals surface area contributed by atoms with E-state index < -0.39 is 35.4 Å². The van der Waals surface area contributed by atoms with Crippen molar-refractivity contribution in [2.24, 2.45) is 0 Å². The SMILES string of the molecule is CC(=O)OC[C@H]1O[C@H](OCc2cn(Cc3cccc([N+](=O)[O-])c3)nn2)C=C[C@@H]1OC(C)=O. The number of esters is 2. The Balaban J connectivity index is 1.56. The fourth-order valence-electron chi connectivity index (χ4n) is 2.96. The Kier molecular flexibility index (Phi) is 7.63. The number of hydrogen-bond acceptors (Lipinski definition) is 10. The summed E-state index contributed by atoms with van der Waals surface area (Å²) in [5.41, 5.74) is 1.23. The summed E-state index contributed by atoms with van der Waals surface area (Å²) in [6.07, 6.45) is 2.66. The van der Waals surface area contributed by atoms with Gasteiger partial charge in [-0.2, -0.15) is 0 Å². The predicted octanol–water partition coefficient (Wildman–Crippen LogP) is 1.53. The first-order chi connectivity index (χ1) is 15.3. The highest BCUT2D eigenvalue weighted by Gasteiger charge is 2.31. The van der Waals surface area contributed by atoms with Crippen LogP contribution in [-0.4, -0.2) is 57.0 Å². The quantitative estimate of drug-likeness (QED) is 0.240. The minimum Gasteiger partial charge on any atom is -0.463 e. The van der Waals surface area contributed by atoms with Gasteiger partial charge in [0.2, 0.25) is 0 Å². The van der Waals surface area contributed by atoms with E-state index in [1.54, 1.807) is 30.5 Å². The van der Waals surface area contributed by atoms with E-state index >= 15 is 0 Å². The summed E-state index contributed by atoms with van der Waals surface area (Å²) in [6.45, 7) is 2.82. The van der Waals surface area contributed by atoms with Gasteiger partial charge in [0.1, 0.15) is 24.5 Å². The Bertz CT molecular complexity index is 1000. The molecule has 0 spiro atoms. The molecule has 0 unspecified atom stereocenters. The maximum atomic E-state index is 11.3. The first kappa shape index (κ1) is 23.0. The van der Waals surface area contributed by atoms with Crippen LogP contribution in [-0.2, 0) is 41.7 Å². The van der Waals surface area contributed by atoms with Crippen molar-refractivity contribution in [2.45, 2.75) is 45.5 Å². The number of nitro benzene ring substituents is 1. The minimum absolute atomic E-state index is 0.00256. The Morgan fingerprint density at radius 1 is 1.25 bits per heavy atom. The first-order valence-electron chi connectivity index (χ1n) is 9.68. The molecular formula is C20H22N4O8. The molecule has 1 aromatic heterocycles. The number of nitrogens with zero attached hydrogens (tertiary/aromatic N) is 4. The zero-order valence-electron chi connectivity index (χ0n) is 17.4. The van der Waals surface area contributed by atoms with Crippen LogP contribution in [0.4, 0.5) is 5.69 Å². The standard InChI is InChI=1S/C20H22N4O8/c1-13(25)29-12-19-18(31-14(2)26)6-7-20(32-19)30-11-16-10-23(22-21-16)9-15-4-3-5-17(8-15)24(27)28/h3-8,10,18-20H,9,11-12H2,1-2H3/t18-,19+,20-/m0/s1. The van der Waals surface area contributed by atoms with Crippen LogP contribution in [0.25, 0.3) is 0 Å². The van der Waals surface area contributed by atoms with Gasteiger partial charge in [0.25, 0.3) is 5.69 Å². The molecular weight excluding hydrogens is 424 g/mol. The lowest BCUT2D eigenvalue weighted by Gasteiger charge is -2.31. The summed E-state index contributed by atoms with van der Waals surface area (Å²) in [6, 6.07) is 6.26. The average Bonchev–Trinajstić information content (AvgIpc) is 3.19. The second-order valence-electron chi connectivity index (χ2n) is 6.95. The highest BCUT2D eigenvalue weighted by atomic mass is 16.7. The number of carbonyl (C=O) groups is 2. The van der Waals surface area contributed by atoms with E-state index in [0.29, 0.717) is 17.8 Å². The lowest BCUT2D eigenvalue weighted by Crippen LogP contribution is -2.42. The average molecular weight is 446 g/mol. The van der Waals surface area contributed by atoms with Crippen LogP contribution in [0, 0.1) is 10.1 Å². The normalized spacial score (nSPS) is 20.0. The molecule has 32 heavy (non-hydrogen) atoms. The van der Waals surface area contributed by atoms with E-state index in [2.05, 4.69) is 10.3 Å². The molecule has 0 radical (unpaired) electrons. The van der Waals surface area contributed by atoms with Crippen molar-refractivity contribution in [3.8, 4) is 0 Å². The number of hydrogen-bond donors (Lipinski definition) is 0. The molecule has 0 saturated carbocycles. The van der Waals surface area contributed by atoms with Crippen molar-refractivity contribution < 1.29 is 33.5 Å². The fraction of sp³-hybridized carbons (Fsp3) is 0.400. The van der Waals surface area contributed by atoms with Gasteiger partial charge in [0, 0.05) is 26.0 Å². The molecule has 0 fully saturated rings. The third-order valence-electron chi connectivity index (χ3n) is 4.33. The molecule has 0 bridgehead atoms. The summed E-state index contributed by atoms with van der Waals surface area (Å²) >= 11 is 0. The van der Waals surface area contributed by atoms with E-state index in [4.69, 9.17) is 18.9 Å². The highest BCUT2D eigenvalue weighted by Crippen LogP contribution is 2.19. The summed E-state index contributed by atoms with van der Waals surface area (Å²) < 4.78 is 23.1. The van der Waals surface area contributed by atoms with Gasteiger partial charge >= 0.3 is 11.9 Å². The van der Waals surface area contributed by atoms with Crippen molar-refractivity contribution in [2.75, 3.05) is 6.61 Å². The number of benzene rings is 1. The molecule has 0 aliphatic carbocycles. The molecule has 12 heteroatoms. The lowest BCUT2D eigenvalue weighted by atomic mass is 10.1. The molecule has 1 aliphatic heterocycles. The van der Waals surface area contributed by atoms with Crippen LogP contribution in [0.5, 0.6) is 0 Å². The van der Waals surface area contributed by atoms with Crippen LogP contribution in [0.3, 0.4) is 0 Å². The maximum absolute atomic E-state index is 11.3. The number of carbonyl (C=O) groups excluding carboxylic acids is 2. The van der Waals surface area contributed by atoms with Gasteiger partial charge in [-0.3, -0.25) is 19.7 Å².